The maximum atomic E-state index is 13.7. The minimum atomic E-state index is -0.843. The van der Waals surface area contributed by atoms with Crippen LogP contribution in [0, 0.1) is 18.6 Å². The molecule has 2 aromatic carbocycles. The molecule has 0 saturated carbocycles. The normalized spacial score (nSPS) is 16.4. The highest BCUT2D eigenvalue weighted by atomic mass is 19.1. The van der Waals surface area contributed by atoms with Crippen LogP contribution in [0.2, 0.25) is 0 Å². The Kier molecular flexibility index (Phi) is 3.37. The fourth-order valence-corrected chi connectivity index (χ4v) is 3.43. The summed E-state index contributed by atoms with van der Waals surface area (Å²) >= 11 is 0. The lowest BCUT2D eigenvalue weighted by Crippen LogP contribution is -2.36. The number of hydrogen-bond donors (Lipinski definition) is 2. The Labute approximate surface area is 137 Å². The number of carbonyl (C=O) groups is 1. The lowest BCUT2D eigenvalue weighted by Gasteiger charge is -2.13. The fourth-order valence-electron chi connectivity index (χ4n) is 3.43. The van der Waals surface area contributed by atoms with Gasteiger partial charge in [-0.25, -0.2) is 8.78 Å². The number of aromatic amines is 1. The Morgan fingerprint density at radius 1 is 1.17 bits per heavy atom. The van der Waals surface area contributed by atoms with E-state index < -0.39 is 17.5 Å². The number of amides is 1. The molecule has 1 heterocycles. The minimum absolute atomic E-state index is 0.0897. The van der Waals surface area contributed by atoms with Crippen LogP contribution in [-0.4, -0.2) is 16.9 Å². The van der Waals surface area contributed by atoms with Crippen molar-refractivity contribution in [2.24, 2.45) is 0 Å². The largest absolute Gasteiger partial charge is 0.358 e. The van der Waals surface area contributed by atoms with Crippen LogP contribution < -0.4 is 5.32 Å². The second-order valence-electron chi connectivity index (χ2n) is 6.33. The number of H-pyrrole nitrogens is 1. The van der Waals surface area contributed by atoms with Gasteiger partial charge in [0.2, 0.25) is 0 Å². The number of benzene rings is 2. The smallest absolute Gasteiger partial charge is 0.254 e. The molecule has 1 aromatic heterocycles. The highest BCUT2D eigenvalue weighted by Crippen LogP contribution is 2.30. The van der Waals surface area contributed by atoms with E-state index >= 15 is 0 Å². The fraction of sp³-hybridized carbons (Fsp3) is 0.211. The van der Waals surface area contributed by atoms with Crippen molar-refractivity contribution in [3.8, 4) is 0 Å². The number of rotatable bonds is 2. The van der Waals surface area contributed by atoms with Gasteiger partial charge < -0.3 is 10.3 Å². The molecule has 0 fully saturated rings. The molecule has 0 spiro atoms. The molecule has 1 unspecified atom stereocenters. The zero-order valence-electron chi connectivity index (χ0n) is 13.1. The van der Waals surface area contributed by atoms with E-state index in [-0.39, 0.29) is 11.6 Å². The van der Waals surface area contributed by atoms with Gasteiger partial charge in [-0.1, -0.05) is 11.6 Å². The third kappa shape index (κ3) is 2.46. The summed E-state index contributed by atoms with van der Waals surface area (Å²) in [4.78, 5) is 15.6. The summed E-state index contributed by atoms with van der Waals surface area (Å²) in [5, 5.41) is 4.02. The average Bonchev–Trinajstić information content (AvgIpc) is 3.04. The van der Waals surface area contributed by atoms with E-state index in [1.807, 2.05) is 6.92 Å². The zero-order chi connectivity index (χ0) is 16.8. The molecule has 1 aliphatic rings. The van der Waals surface area contributed by atoms with Crippen molar-refractivity contribution in [2.45, 2.75) is 25.8 Å². The monoisotopic (exact) mass is 326 g/mol. The predicted molar refractivity (Wildman–Crippen MR) is 88.1 cm³/mol. The van der Waals surface area contributed by atoms with E-state index in [2.05, 4.69) is 28.5 Å². The molecular formula is C19H16F2N2O. The van der Waals surface area contributed by atoms with Crippen LogP contribution in [0.5, 0.6) is 0 Å². The predicted octanol–water partition coefficient (Wildman–Crippen LogP) is 3.65. The molecule has 3 nitrogen and oxygen atoms in total. The van der Waals surface area contributed by atoms with Crippen LogP contribution in [-0.2, 0) is 12.8 Å². The van der Waals surface area contributed by atoms with Crippen LogP contribution in [0.15, 0.2) is 36.4 Å². The van der Waals surface area contributed by atoms with Crippen LogP contribution in [0.1, 0.15) is 27.2 Å². The van der Waals surface area contributed by atoms with Gasteiger partial charge in [0.05, 0.1) is 5.56 Å². The number of halogens is 2. The summed E-state index contributed by atoms with van der Waals surface area (Å²) in [7, 11) is 0. The standard InChI is InChI=1S/C19H16F2N2O/c1-10-2-5-17-14(6-10)15-8-12(9-18(15)23-17)22-19(24)13-4-3-11(20)7-16(13)21/h2-7,12,23H,8-9H2,1H3,(H,22,24). The SMILES string of the molecule is Cc1ccc2[nH]c3c(c2c1)CC(NC(=O)c1ccc(F)cc1F)C3. The number of aromatic nitrogens is 1. The molecule has 4 rings (SSSR count). The Morgan fingerprint density at radius 2 is 2.00 bits per heavy atom. The quantitative estimate of drug-likeness (QED) is 0.742. The van der Waals surface area contributed by atoms with Crippen LogP contribution >= 0.6 is 0 Å². The lowest BCUT2D eigenvalue weighted by molar-refractivity contribution is 0.0934. The van der Waals surface area contributed by atoms with E-state index in [4.69, 9.17) is 0 Å². The molecule has 3 aromatic rings. The molecule has 0 aliphatic heterocycles. The van der Waals surface area contributed by atoms with Crippen molar-refractivity contribution in [3.05, 3.63) is 70.4 Å². The van der Waals surface area contributed by atoms with Crippen molar-refractivity contribution in [1.29, 1.82) is 0 Å². The lowest BCUT2D eigenvalue weighted by atomic mass is 10.1. The first-order valence-corrected chi connectivity index (χ1v) is 7.87. The summed E-state index contributed by atoms with van der Waals surface area (Å²) in [5.41, 5.74) is 4.47. The van der Waals surface area contributed by atoms with Gasteiger partial charge in [-0.2, -0.15) is 0 Å². The van der Waals surface area contributed by atoms with E-state index in [0.717, 1.165) is 23.3 Å². The van der Waals surface area contributed by atoms with Crippen molar-refractivity contribution >= 4 is 16.8 Å². The van der Waals surface area contributed by atoms with Gasteiger partial charge in [0.15, 0.2) is 0 Å². The maximum Gasteiger partial charge on any atom is 0.254 e. The van der Waals surface area contributed by atoms with E-state index in [9.17, 15) is 13.6 Å². The number of carbonyl (C=O) groups excluding carboxylic acids is 1. The Morgan fingerprint density at radius 3 is 2.79 bits per heavy atom. The first-order valence-electron chi connectivity index (χ1n) is 7.87. The van der Waals surface area contributed by atoms with E-state index in [1.54, 1.807) is 0 Å². The summed E-state index contributed by atoms with van der Waals surface area (Å²) in [6.07, 6.45) is 1.38. The Hall–Kier alpha value is -2.69. The Balaban J connectivity index is 1.54. The number of aryl methyl sites for hydroxylation is 1. The molecule has 0 radical (unpaired) electrons. The zero-order valence-corrected chi connectivity index (χ0v) is 13.1. The molecule has 0 bridgehead atoms. The van der Waals surface area contributed by atoms with Crippen molar-refractivity contribution < 1.29 is 13.6 Å². The van der Waals surface area contributed by atoms with Gasteiger partial charge >= 0.3 is 0 Å². The maximum absolute atomic E-state index is 13.7. The second kappa shape index (κ2) is 5.44. The topological polar surface area (TPSA) is 44.9 Å². The Bertz CT molecular complexity index is 961. The summed E-state index contributed by atoms with van der Waals surface area (Å²) in [5.74, 6) is -2.05. The van der Waals surface area contributed by atoms with Gasteiger partial charge in [0.25, 0.3) is 5.91 Å². The van der Waals surface area contributed by atoms with Gasteiger partial charge in [-0.05, 0) is 43.2 Å². The van der Waals surface area contributed by atoms with Gasteiger partial charge in [-0.3, -0.25) is 4.79 Å². The van der Waals surface area contributed by atoms with Gasteiger partial charge in [0, 0.05) is 35.1 Å². The minimum Gasteiger partial charge on any atom is -0.358 e. The summed E-state index contributed by atoms with van der Waals surface area (Å²) < 4.78 is 26.7. The molecule has 122 valence electrons. The number of fused-ring (bicyclic) bond motifs is 3. The van der Waals surface area contributed by atoms with E-state index in [1.165, 1.54) is 22.6 Å². The van der Waals surface area contributed by atoms with Crippen LogP contribution in [0.4, 0.5) is 8.78 Å². The highest BCUT2D eigenvalue weighted by Gasteiger charge is 2.27. The van der Waals surface area contributed by atoms with Crippen LogP contribution in [0.3, 0.4) is 0 Å². The molecule has 5 heteroatoms. The molecule has 1 amide bonds. The molecule has 0 saturated heterocycles. The van der Waals surface area contributed by atoms with E-state index in [0.29, 0.717) is 12.8 Å². The molecule has 1 aliphatic carbocycles. The molecule has 2 N–H and O–H groups in total. The number of hydrogen-bond acceptors (Lipinski definition) is 1. The summed E-state index contributed by atoms with van der Waals surface area (Å²) in [6.45, 7) is 2.05. The highest BCUT2D eigenvalue weighted by molar-refractivity contribution is 5.95. The molecular weight excluding hydrogens is 310 g/mol. The van der Waals surface area contributed by atoms with Crippen molar-refractivity contribution in [2.75, 3.05) is 0 Å². The van der Waals surface area contributed by atoms with Crippen LogP contribution in [0.25, 0.3) is 10.9 Å². The average molecular weight is 326 g/mol. The second-order valence-corrected chi connectivity index (χ2v) is 6.33. The number of nitrogens with one attached hydrogen (secondary N) is 2. The molecule has 24 heavy (non-hydrogen) atoms. The third-order valence-electron chi connectivity index (χ3n) is 4.56. The molecule has 1 atom stereocenters. The van der Waals surface area contributed by atoms with Crippen molar-refractivity contribution in [3.63, 3.8) is 0 Å². The van der Waals surface area contributed by atoms with Crippen molar-refractivity contribution in [1.82, 2.24) is 10.3 Å². The third-order valence-corrected chi connectivity index (χ3v) is 4.56. The van der Waals surface area contributed by atoms with Gasteiger partial charge in [0.1, 0.15) is 11.6 Å². The first kappa shape index (κ1) is 14.9. The first-order chi connectivity index (χ1) is 11.5. The summed E-state index contributed by atoms with van der Waals surface area (Å²) in [6, 6.07) is 9.15. The van der Waals surface area contributed by atoms with Gasteiger partial charge in [-0.15, -0.1) is 0 Å².